The minimum absolute atomic E-state index is 0. The van der Waals surface area contributed by atoms with E-state index in [1.165, 1.54) is 18.9 Å². The topological polar surface area (TPSA) is 0 Å². The zero-order chi connectivity index (χ0) is 11.8. The van der Waals surface area contributed by atoms with E-state index >= 15 is 0 Å². The number of hydrogen-bond acceptors (Lipinski definition) is 0. The van der Waals surface area contributed by atoms with Crippen LogP contribution in [0, 0.1) is 0 Å². The molecule has 19 heavy (non-hydrogen) atoms. The van der Waals surface area contributed by atoms with Crippen molar-refractivity contribution in [1.82, 2.24) is 0 Å². The summed E-state index contributed by atoms with van der Waals surface area (Å²) in [5, 5.41) is 0. The van der Waals surface area contributed by atoms with Crippen LogP contribution in [-0.4, -0.2) is 8.07 Å². The zero-order valence-corrected chi connectivity index (χ0v) is 16.3. The van der Waals surface area contributed by atoms with Gasteiger partial charge in [-0.15, -0.1) is 0 Å². The van der Waals surface area contributed by atoms with E-state index in [1.54, 1.807) is 12.1 Å². The summed E-state index contributed by atoms with van der Waals surface area (Å²) in [6.45, 7) is 2.47. The van der Waals surface area contributed by atoms with Crippen LogP contribution in [0.1, 0.15) is 19.8 Å². The normalized spacial score (nSPS) is 23.9. The Kier molecular flexibility index (Phi) is 6.58. The molecule has 0 aromatic rings. The van der Waals surface area contributed by atoms with Crippen molar-refractivity contribution in [3.63, 3.8) is 0 Å². The molecule has 0 atom stereocenters. The molecule has 0 spiro atoms. The van der Waals surface area contributed by atoms with Crippen LogP contribution in [0.2, 0.25) is 20.9 Å². The van der Waals surface area contributed by atoms with Gasteiger partial charge in [-0.05, 0) is 0 Å². The van der Waals surface area contributed by atoms with Crippen molar-refractivity contribution in [1.29, 1.82) is 0 Å². The number of allylic oxidation sites excluding steroid dienone is 8. The van der Waals surface area contributed by atoms with E-state index in [2.05, 4.69) is 49.5 Å². The summed E-state index contributed by atoms with van der Waals surface area (Å²) < 4.78 is 2.46. The molecule has 4 heteroatoms. The average molecular weight is 391 g/mol. The first kappa shape index (κ1) is 17.7. The molecule has 102 valence electrons. The molecule has 3 aliphatic rings. The van der Waals surface area contributed by atoms with Gasteiger partial charge in [0.15, 0.2) is 0 Å². The van der Waals surface area contributed by atoms with Crippen molar-refractivity contribution >= 4 is 8.07 Å². The number of halogens is 2. The van der Waals surface area contributed by atoms with E-state index in [9.17, 15) is 0 Å². The van der Waals surface area contributed by atoms with Gasteiger partial charge in [-0.2, -0.15) is 0 Å². The van der Waals surface area contributed by atoms with Gasteiger partial charge < -0.3 is 24.8 Å². The van der Waals surface area contributed by atoms with Crippen molar-refractivity contribution in [3.05, 3.63) is 45.8 Å². The molecular formula is C15H20Cl2SiZr. The first-order valence-corrected chi connectivity index (χ1v) is 11.9. The molecule has 3 rings (SSSR count). The van der Waals surface area contributed by atoms with Gasteiger partial charge in [-0.25, -0.2) is 0 Å². The van der Waals surface area contributed by atoms with Gasteiger partial charge in [-0.1, -0.05) is 0 Å². The summed E-state index contributed by atoms with van der Waals surface area (Å²) in [7, 11) is -0.968. The van der Waals surface area contributed by atoms with Crippen LogP contribution in [0.5, 0.6) is 0 Å². The van der Waals surface area contributed by atoms with Gasteiger partial charge in [0.25, 0.3) is 0 Å². The predicted molar refractivity (Wildman–Crippen MR) is 73.3 cm³/mol. The average Bonchev–Trinajstić information content (AvgIpc) is 2.90. The summed E-state index contributed by atoms with van der Waals surface area (Å²) >= 11 is -0.451. The molecular weight excluding hydrogens is 370 g/mol. The van der Waals surface area contributed by atoms with E-state index in [4.69, 9.17) is 0 Å². The Morgan fingerprint density at radius 2 is 1.84 bits per heavy atom. The summed E-state index contributed by atoms with van der Waals surface area (Å²) in [4.78, 5) is 0. The smallest absolute Gasteiger partial charge is 1.00 e. The maximum absolute atomic E-state index is 2.62. The molecule has 1 fully saturated rings. The molecule has 0 aromatic carbocycles. The van der Waals surface area contributed by atoms with E-state index in [0.29, 0.717) is 2.75 Å². The molecule has 0 radical (unpaired) electrons. The van der Waals surface area contributed by atoms with Crippen LogP contribution in [0.3, 0.4) is 0 Å². The second-order valence-electron chi connectivity index (χ2n) is 5.52. The fourth-order valence-corrected chi connectivity index (χ4v) is 17.2. The van der Waals surface area contributed by atoms with E-state index < -0.39 is 31.3 Å². The quantitative estimate of drug-likeness (QED) is 0.519. The third-order valence-electron chi connectivity index (χ3n) is 4.83. The maximum Gasteiger partial charge on any atom is -1.00 e. The van der Waals surface area contributed by atoms with Crippen molar-refractivity contribution < 1.29 is 48.0 Å². The molecule has 1 saturated heterocycles. The third kappa shape index (κ3) is 2.98. The van der Waals surface area contributed by atoms with Crippen molar-refractivity contribution in [2.45, 2.75) is 40.6 Å². The zero-order valence-electron chi connectivity index (χ0n) is 11.3. The first-order chi connectivity index (χ1) is 8.30. The van der Waals surface area contributed by atoms with Crippen LogP contribution in [0.4, 0.5) is 0 Å². The van der Waals surface area contributed by atoms with Gasteiger partial charge in [0.1, 0.15) is 0 Å². The fraction of sp³-hybridized carbons (Fsp3) is 0.467. The molecule has 0 nitrogen and oxygen atoms in total. The maximum atomic E-state index is 2.62. The van der Waals surface area contributed by atoms with E-state index in [-0.39, 0.29) is 24.8 Å². The van der Waals surface area contributed by atoms with E-state index in [0.717, 1.165) is 0 Å². The van der Waals surface area contributed by atoms with Gasteiger partial charge >= 0.3 is 118 Å². The van der Waals surface area contributed by atoms with Gasteiger partial charge in [0.05, 0.1) is 0 Å². The largest absolute Gasteiger partial charge is 1.00 e. The number of hydrogen-bond donors (Lipinski definition) is 0. The third-order valence-corrected chi connectivity index (χ3v) is 19.1. The van der Waals surface area contributed by atoms with Gasteiger partial charge in [0.2, 0.25) is 0 Å². The minimum Gasteiger partial charge on any atom is -1.00 e. The van der Waals surface area contributed by atoms with Crippen LogP contribution in [0.25, 0.3) is 0 Å². The van der Waals surface area contributed by atoms with Crippen molar-refractivity contribution in [2.24, 2.45) is 0 Å². The molecule has 1 aliphatic heterocycles. The van der Waals surface area contributed by atoms with Gasteiger partial charge in [-0.3, -0.25) is 0 Å². The minimum atomic E-state index is -0.968. The molecule has 0 bridgehead atoms. The molecule has 2 aliphatic carbocycles. The summed E-state index contributed by atoms with van der Waals surface area (Å²) in [5.74, 6) is 0. The molecule has 0 amide bonds. The van der Waals surface area contributed by atoms with Crippen LogP contribution < -0.4 is 24.8 Å². The fourth-order valence-electron chi connectivity index (χ4n) is 3.51. The standard InChI is InChI=1S/C10H15Si.C5H5.2ClH.Zr/c1-2-11(8-5-9-11)10-6-3-4-7-10;1-2-4-5-3-1;;;/h3-4,6-7H,2,5,8-9H2,1H3;1-3H,4H2;2*1H;/q;;;;+2/p-2. The summed E-state index contributed by atoms with van der Waals surface area (Å²) in [6, 6.07) is 4.70. The Labute approximate surface area is 141 Å². The Bertz CT molecular complexity index is 416. The first-order valence-electron chi connectivity index (χ1n) is 6.81. The number of rotatable bonds is 4. The summed E-state index contributed by atoms with van der Waals surface area (Å²) in [5.41, 5.74) is 0. The Hall–Kier alpha value is 0.640. The SMILES string of the molecule is CC[Si]1([C]2([Zr+2][C]3=CC=CC3)C=CC=C2)CCC1.[Cl-].[Cl-]. The molecule has 0 saturated carbocycles. The second kappa shape index (κ2) is 7.07. The Balaban J connectivity index is 0.000000902. The van der Waals surface area contributed by atoms with Crippen LogP contribution in [-0.2, 0) is 23.2 Å². The van der Waals surface area contributed by atoms with E-state index in [1.807, 2.05) is 3.28 Å². The van der Waals surface area contributed by atoms with Gasteiger partial charge in [0, 0.05) is 0 Å². The second-order valence-corrected chi connectivity index (χ2v) is 16.1. The molecule has 0 unspecified atom stereocenters. The predicted octanol–water partition coefficient (Wildman–Crippen LogP) is -1.38. The summed E-state index contributed by atoms with van der Waals surface area (Å²) in [6.07, 6.45) is 19.7. The Morgan fingerprint density at radius 1 is 1.16 bits per heavy atom. The van der Waals surface area contributed by atoms with Crippen LogP contribution in [0.15, 0.2) is 45.8 Å². The Morgan fingerprint density at radius 3 is 2.26 bits per heavy atom. The molecule has 0 N–H and O–H groups in total. The molecule has 0 aromatic heterocycles. The van der Waals surface area contributed by atoms with Crippen molar-refractivity contribution in [3.8, 4) is 0 Å². The van der Waals surface area contributed by atoms with Crippen molar-refractivity contribution in [2.75, 3.05) is 0 Å². The monoisotopic (exact) mass is 388 g/mol. The van der Waals surface area contributed by atoms with Crippen LogP contribution >= 0.6 is 0 Å². The molecule has 1 heterocycles.